The van der Waals surface area contributed by atoms with Crippen LogP contribution < -0.4 is 11.1 Å². The van der Waals surface area contributed by atoms with Gasteiger partial charge in [0, 0.05) is 18.0 Å². The van der Waals surface area contributed by atoms with Crippen molar-refractivity contribution in [3.63, 3.8) is 0 Å². The molecule has 2 fully saturated rings. The molecule has 3 atom stereocenters. The lowest BCUT2D eigenvalue weighted by Gasteiger charge is -2.45. The van der Waals surface area contributed by atoms with Gasteiger partial charge in [-0.25, -0.2) is 0 Å². The quantitative estimate of drug-likeness (QED) is 0.831. The molecule has 2 bridgehead atoms. The number of hydrogen-bond donors (Lipinski definition) is 2. The summed E-state index contributed by atoms with van der Waals surface area (Å²) in [6.45, 7) is 4.08. The number of nitrogens with two attached hydrogens (primary N) is 1. The standard InChI is InChI=1S/C14H26N2O.ClH/c1-3-9(2)14(17)16-13-10-5-4-6-11(13)8-12(15)7-10;/h9-13H,3-8,15H2,1-2H3,(H,16,17);1H. The van der Waals surface area contributed by atoms with Crippen LogP contribution in [-0.2, 0) is 4.79 Å². The molecule has 0 aromatic carbocycles. The maximum atomic E-state index is 12.0. The zero-order valence-electron chi connectivity index (χ0n) is 11.5. The Bertz CT molecular complexity index is 271. The van der Waals surface area contributed by atoms with Crippen LogP contribution in [0.25, 0.3) is 0 Å². The number of nitrogens with one attached hydrogen (secondary N) is 1. The number of fused-ring (bicyclic) bond motifs is 2. The summed E-state index contributed by atoms with van der Waals surface area (Å²) in [4.78, 5) is 12.0. The van der Waals surface area contributed by atoms with Gasteiger partial charge in [-0.05, 0) is 43.9 Å². The number of hydrogen-bond acceptors (Lipinski definition) is 2. The van der Waals surface area contributed by atoms with Gasteiger partial charge in [-0.3, -0.25) is 4.79 Å². The Morgan fingerprint density at radius 1 is 1.33 bits per heavy atom. The average Bonchev–Trinajstić information content (AvgIpc) is 2.29. The third kappa shape index (κ3) is 3.39. The summed E-state index contributed by atoms with van der Waals surface area (Å²) >= 11 is 0. The molecule has 2 saturated carbocycles. The number of halogens is 1. The summed E-state index contributed by atoms with van der Waals surface area (Å²) in [6, 6.07) is 0.770. The lowest BCUT2D eigenvalue weighted by molar-refractivity contribution is -0.126. The molecule has 106 valence electrons. The van der Waals surface area contributed by atoms with E-state index in [1.807, 2.05) is 6.92 Å². The second-order valence-electron chi connectivity index (χ2n) is 6.03. The second-order valence-corrected chi connectivity index (χ2v) is 6.03. The molecule has 0 saturated heterocycles. The van der Waals surface area contributed by atoms with E-state index in [2.05, 4.69) is 12.2 Å². The van der Waals surface area contributed by atoms with Crippen molar-refractivity contribution in [3.8, 4) is 0 Å². The van der Waals surface area contributed by atoms with Crippen molar-refractivity contribution in [1.29, 1.82) is 0 Å². The third-order valence-corrected chi connectivity index (χ3v) is 4.75. The van der Waals surface area contributed by atoms with E-state index < -0.39 is 0 Å². The van der Waals surface area contributed by atoms with Crippen LogP contribution in [0, 0.1) is 17.8 Å². The number of rotatable bonds is 3. The van der Waals surface area contributed by atoms with Crippen LogP contribution in [0.3, 0.4) is 0 Å². The molecule has 18 heavy (non-hydrogen) atoms. The van der Waals surface area contributed by atoms with Gasteiger partial charge in [0.2, 0.25) is 5.91 Å². The summed E-state index contributed by atoms with van der Waals surface area (Å²) in [6.07, 6.45) is 6.93. The molecule has 4 heteroatoms. The molecule has 1 amide bonds. The monoisotopic (exact) mass is 274 g/mol. The SMILES string of the molecule is CCC(C)C(=O)NC1C2CCCC1CC(N)C2.Cl. The van der Waals surface area contributed by atoms with Gasteiger partial charge in [0.05, 0.1) is 0 Å². The fourth-order valence-electron chi connectivity index (χ4n) is 3.52. The van der Waals surface area contributed by atoms with Crippen molar-refractivity contribution < 1.29 is 4.79 Å². The lowest BCUT2D eigenvalue weighted by atomic mass is 9.67. The van der Waals surface area contributed by atoms with Crippen molar-refractivity contribution in [3.05, 3.63) is 0 Å². The van der Waals surface area contributed by atoms with E-state index in [1.165, 1.54) is 19.3 Å². The molecule has 0 radical (unpaired) electrons. The summed E-state index contributed by atoms with van der Waals surface area (Å²) in [7, 11) is 0. The Balaban J connectivity index is 0.00000162. The molecule has 0 heterocycles. The van der Waals surface area contributed by atoms with Crippen LogP contribution >= 0.6 is 12.4 Å². The second kappa shape index (κ2) is 6.76. The fourth-order valence-corrected chi connectivity index (χ4v) is 3.52. The normalized spacial score (nSPS) is 36.4. The molecule has 0 aliphatic heterocycles. The minimum Gasteiger partial charge on any atom is -0.353 e. The average molecular weight is 275 g/mol. The maximum absolute atomic E-state index is 12.0. The highest BCUT2D eigenvalue weighted by atomic mass is 35.5. The molecular weight excluding hydrogens is 248 g/mol. The fraction of sp³-hybridized carbons (Fsp3) is 0.929. The van der Waals surface area contributed by atoms with Crippen LogP contribution in [0.4, 0.5) is 0 Å². The zero-order chi connectivity index (χ0) is 12.4. The highest BCUT2D eigenvalue weighted by molar-refractivity contribution is 5.85. The van der Waals surface area contributed by atoms with Gasteiger partial charge in [0.15, 0.2) is 0 Å². The van der Waals surface area contributed by atoms with Crippen LogP contribution in [0.1, 0.15) is 52.4 Å². The van der Waals surface area contributed by atoms with E-state index in [0.29, 0.717) is 23.9 Å². The minimum absolute atomic E-state index is 0. The highest BCUT2D eigenvalue weighted by Crippen LogP contribution is 2.39. The van der Waals surface area contributed by atoms with Gasteiger partial charge >= 0.3 is 0 Å². The molecule has 0 aromatic heterocycles. The molecule has 0 spiro atoms. The Kier molecular flexibility index (Phi) is 5.93. The van der Waals surface area contributed by atoms with Crippen molar-refractivity contribution in [2.75, 3.05) is 0 Å². The van der Waals surface area contributed by atoms with Gasteiger partial charge in [0.25, 0.3) is 0 Å². The first-order chi connectivity index (χ1) is 8.11. The van der Waals surface area contributed by atoms with Crippen molar-refractivity contribution >= 4 is 18.3 Å². The predicted octanol–water partition coefficient (Wildman–Crippen LogP) is 2.48. The molecule has 2 rings (SSSR count). The molecule has 0 aromatic rings. The van der Waals surface area contributed by atoms with E-state index in [0.717, 1.165) is 19.3 Å². The Hall–Kier alpha value is -0.280. The summed E-state index contributed by atoms with van der Waals surface area (Å²) in [5.74, 6) is 1.65. The molecule has 3 nitrogen and oxygen atoms in total. The predicted molar refractivity (Wildman–Crippen MR) is 76.7 cm³/mol. The zero-order valence-corrected chi connectivity index (χ0v) is 12.3. The summed E-state index contributed by atoms with van der Waals surface area (Å²) in [5, 5.41) is 3.30. The first-order valence-corrected chi connectivity index (χ1v) is 7.17. The van der Waals surface area contributed by atoms with Crippen LogP contribution in [-0.4, -0.2) is 18.0 Å². The number of carbonyl (C=O) groups is 1. The van der Waals surface area contributed by atoms with Crippen LogP contribution in [0.2, 0.25) is 0 Å². The Morgan fingerprint density at radius 3 is 2.39 bits per heavy atom. The van der Waals surface area contributed by atoms with Gasteiger partial charge in [-0.2, -0.15) is 0 Å². The number of amides is 1. The Morgan fingerprint density at radius 2 is 1.89 bits per heavy atom. The summed E-state index contributed by atoms with van der Waals surface area (Å²) in [5.41, 5.74) is 6.09. The van der Waals surface area contributed by atoms with Gasteiger partial charge in [0.1, 0.15) is 0 Å². The van der Waals surface area contributed by atoms with Crippen molar-refractivity contribution in [2.24, 2.45) is 23.5 Å². The van der Waals surface area contributed by atoms with Crippen LogP contribution in [0.5, 0.6) is 0 Å². The largest absolute Gasteiger partial charge is 0.353 e. The third-order valence-electron chi connectivity index (χ3n) is 4.75. The molecule has 3 N–H and O–H groups in total. The molecule has 2 aliphatic rings. The van der Waals surface area contributed by atoms with E-state index in [9.17, 15) is 4.79 Å². The first-order valence-electron chi connectivity index (χ1n) is 7.17. The Labute approximate surface area is 117 Å². The smallest absolute Gasteiger partial charge is 0.223 e. The molecular formula is C14H27ClN2O. The molecule has 2 aliphatic carbocycles. The number of carbonyl (C=O) groups excluding carboxylic acids is 1. The molecule has 3 unspecified atom stereocenters. The minimum atomic E-state index is 0. The van der Waals surface area contributed by atoms with Crippen molar-refractivity contribution in [1.82, 2.24) is 5.32 Å². The topological polar surface area (TPSA) is 55.1 Å². The van der Waals surface area contributed by atoms with Gasteiger partial charge in [-0.15, -0.1) is 12.4 Å². The van der Waals surface area contributed by atoms with E-state index in [1.54, 1.807) is 0 Å². The van der Waals surface area contributed by atoms with Crippen LogP contribution in [0.15, 0.2) is 0 Å². The van der Waals surface area contributed by atoms with E-state index in [-0.39, 0.29) is 24.2 Å². The van der Waals surface area contributed by atoms with E-state index >= 15 is 0 Å². The van der Waals surface area contributed by atoms with E-state index in [4.69, 9.17) is 5.73 Å². The van der Waals surface area contributed by atoms with Gasteiger partial charge < -0.3 is 11.1 Å². The summed E-state index contributed by atoms with van der Waals surface area (Å²) < 4.78 is 0. The van der Waals surface area contributed by atoms with Gasteiger partial charge in [-0.1, -0.05) is 20.3 Å². The lowest BCUT2D eigenvalue weighted by Crippen LogP contribution is -2.54. The highest BCUT2D eigenvalue weighted by Gasteiger charge is 2.40. The maximum Gasteiger partial charge on any atom is 0.223 e. The first kappa shape index (κ1) is 15.8. The van der Waals surface area contributed by atoms with Crippen molar-refractivity contribution in [2.45, 2.75) is 64.5 Å².